The standard InChI is InChI=1S/C21H27F4N5O3SSi/c1-5-30(19(21(23,24)25)15-6-8-16(22)9-7-15)34(31,32)17-12-18-20(26-13-17)29(28-27-18)14-33-10-11-35(2,3)4/h6-9,12-13,19H,5,10-11,14H2,1-4H3. The van der Waals surface area contributed by atoms with Crippen molar-refractivity contribution in [3.8, 4) is 0 Å². The molecule has 14 heteroatoms. The summed E-state index contributed by atoms with van der Waals surface area (Å²) in [6.45, 7) is 8.02. The van der Waals surface area contributed by atoms with Gasteiger partial charge in [-0.25, -0.2) is 22.5 Å². The SMILES string of the molecule is CCN(C(c1ccc(F)cc1)C(F)(F)F)S(=O)(=O)c1cnc2c(c1)nnn2COCC[Si](C)(C)C. The van der Waals surface area contributed by atoms with E-state index in [0.717, 1.165) is 42.6 Å². The minimum absolute atomic E-state index is 0.0574. The smallest absolute Gasteiger partial charge is 0.359 e. The van der Waals surface area contributed by atoms with E-state index < -0.39 is 53.1 Å². The van der Waals surface area contributed by atoms with Gasteiger partial charge in [0, 0.05) is 27.4 Å². The lowest BCUT2D eigenvalue weighted by Gasteiger charge is -2.31. The van der Waals surface area contributed by atoms with Gasteiger partial charge in [0.15, 0.2) is 5.65 Å². The summed E-state index contributed by atoms with van der Waals surface area (Å²) >= 11 is 0. The Morgan fingerprint density at radius 2 is 1.83 bits per heavy atom. The lowest BCUT2D eigenvalue weighted by molar-refractivity contribution is -0.173. The highest BCUT2D eigenvalue weighted by Gasteiger charge is 2.48. The minimum atomic E-state index is -4.95. The van der Waals surface area contributed by atoms with E-state index in [0.29, 0.717) is 10.9 Å². The molecule has 0 saturated carbocycles. The summed E-state index contributed by atoms with van der Waals surface area (Å²) in [5.41, 5.74) is -0.0630. The van der Waals surface area contributed by atoms with Crippen molar-refractivity contribution in [3.05, 3.63) is 47.9 Å². The Kier molecular flexibility index (Phi) is 7.98. The number of hydrogen-bond acceptors (Lipinski definition) is 6. The van der Waals surface area contributed by atoms with Crippen molar-refractivity contribution in [2.75, 3.05) is 13.2 Å². The Hall–Kier alpha value is -2.42. The van der Waals surface area contributed by atoms with Gasteiger partial charge in [-0.1, -0.05) is 43.9 Å². The second kappa shape index (κ2) is 10.3. The van der Waals surface area contributed by atoms with E-state index in [-0.39, 0.29) is 17.9 Å². The first-order valence-electron chi connectivity index (χ1n) is 10.8. The maximum Gasteiger partial charge on any atom is 0.409 e. The van der Waals surface area contributed by atoms with E-state index in [1.165, 1.54) is 11.6 Å². The van der Waals surface area contributed by atoms with E-state index in [4.69, 9.17) is 4.74 Å². The van der Waals surface area contributed by atoms with E-state index in [1.807, 2.05) is 0 Å². The number of alkyl halides is 3. The maximum absolute atomic E-state index is 14.0. The molecule has 0 aliphatic rings. The predicted molar refractivity (Wildman–Crippen MR) is 124 cm³/mol. The number of fused-ring (bicyclic) bond motifs is 1. The van der Waals surface area contributed by atoms with Gasteiger partial charge in [-0.3, -0.25) is 0 Å². The average molecular weight is 534 g/mol. The molecule has 0 fully saturated rings. The number of rotatable bonds is 10. The van der Waals surface area contributed by atoms with Crippen molar-refractivity contribution in [2.24, 2.45) is 0 Å². The van der Waals surface area contributed by atoms with Gasteiger partial charge in [0.2, 0.25) is 10.0 Å². The van der Waals surface area contributed by atoms with E-state index >= 15 is 0 Å². The molecule has 0 aliphatic carbocycles. The van der Waals surface area contributed by atoms with Crippen LogP contribution >= 0.6 is 0 Å². The molecule has 0 spiro atoms. The van der Waals surface area contributed by atoms with Gasteiger partial charge in [-0.15, -0.1) is 5.10 Å². The number of nitrogens with zero attached hydrogens (tertiary/aromatic N) is 5. The summed E-state index contributed by atoms with van der Waals surface area (Å²) in [6, 6.07) is 3.10. The van der Waals surface area contributed by atoms with Crippen LogP contribution in [0, 0.1) is 5.82 Å². The molecule has 2 heterocycles. The van der Waals surface area contributed by atoms with Crippen molar-refractivity contribution in [2.45, 2.75) is 56.5 Å². The Labute approximate surface area is 202 Å². The first-order valence-corrected chi connectivity index (χ1v) is 16.0. The monoisotopic (exact) mass is 533 g/mol. The fourth-order valence-electron chi connectivity index (χ4n) is 3.39. The molecule has 3 rings (SSSR count). The van der Waals surface area contributed by atoms with Gasteiger partial charge in [-0.05, 0) is 29.8 Å². The molecule has 1 aromatic carbocycles. The second-order valence-corrected chi connectivity index (χ2v) is 16.7. The molecule has 1 atom stereocenters. The molecule has 0 amide bonds. The van der Waals surface area contributed by atoms with Gasteiger partial charge < -0.3 is 4.74 Å². The van der Waals surface area contributed by atoms with Gasteiger partial charge in [0.1, 0.15) is 29.0 Å². The number of aromatic nitrogens is 4. The third-order valence-corrected chi connectivity index (χ3v) is 8.85. The van der Waals surface area contributed by atoms with Crippen LogP contribution in [-0.4, -0.2) is 60.1 Å². The van der Waals surface area contributed by atoms with E-state index in [2.05, 4.69) is 34.9 Å². The van der Waals surface area contributed by atoms with Gasteiger partial charge >= 0.3 is 6.18 Å². The molecule has 3 aromatic rings. The summed E-state index contributed by atoms with van der Waals surface area (Å²) in [7, 11) is -5.94. The normalized spacial score (nSPS) is 14.1. The van der Waals surface area contributed by atoms with Crippen LogP contribution in [-0.2, 0) is 21.5 Å². The van der Waals surface area contributed by atoms with Crippen LogP contribution in [0.25, 0.3) is 11.2 Å². The number of benzene rings is 1. The molecule has 0 saturated heterocycles. The van der Waals surface area contributed by atoms with E-state index in [1.54, 1.807) is 0 Å². The lowest BCUT2D eigenvalue weighted by atomic mass is 10.1. The molecule has 1 unspecified atom stereocenters. The Bertz CT molecular complexity index is 1260. The van der Waals surface area contributed by atoms with Crippen LogP contribution in [0.1, 0.15) is 18.5 Å². The van der Waals surface area contributed by atoms with Crippen molar-refractivity contribution in [1.29, 1.82) is 0 Å². The molecular formula is C21H27F4N5O3SSi. The fourth-order valence-corrected chi connectivity index (χ4v) is 5.72. The third-order valence-electron chi connectivity index (χ3n) is 5.24. The maximum atomic E-state index is 14.0. The van der Waals surface area contributed by atoms with Crippen LogP contribution in [0.15, 0.2) is 41.4 Å². The fraction of sp³-hybridized carbons (Fsp3) is 0.476. The first-order chi connectivity index (χ1) is 16.2. The molecule has 2 aromatic heterocycles. The quantitative estimate of drug-likeness (QED) is 0.215. The van der Waals surface area contributed by atoms with Crippen LogP contribution in [0.2, 0.25) is 25.7 Å². The first kappa shape index (κ1) is 27.2. The predicted octanol–water partition coefficient (Wildman–Crippen LogP) is 4.59. The van der Waals surface area contributed by atoms with Crippen LogP contribution in [0.5, 0.6) is 0 Å². The molecule has 0 N–H and O–H groups in total. The molecule has 192 valence electrons. The number of sulfonamides is 1. The second-order valence-electron chi connectivity index (χ2n) is 9.15. The van der Waals surface area contributed by atoms with Gasteiger partial charge in [0.05, 0.1) is 0 Å². The van der Waals surface area contributed by atoms with Crippen molar-refractivity contribution in [3.63, 3.8) is 0 Å². The van der Waals surface area contributed by atoms with Crippen molar-refractivity contribution < 1.29 is 30.7 Å². The molecular weight excluding hydrogens is 506 g/mol. The molecule has 0 aliphatic heterocycles. The number of pyridine rings is 1. The molecule has 8 nitrogen and oxygen atoms in total. The van der Waals surface area contributed by atoms with Crippen molar-refractivity contribution in [1.82, 2.24) is 24.3 Å². The zero-order valence-electron chi connectivity index (χ0n) is 19.8. The highest BCUT2D eigenvalue weighted by Crippen LogP contribution is 2.40. The zero-order chi connectivity index (χ0) is 26.0. The average Bonchev–Trinajstić information content (AvgIpc) is 3.16. The molecule has 35 heavy (non-hydrogen) atoms. The summed E-state index contributed by atoms with van der Waals surface area (Å²) in [5, 5.41) is 7.81. The highest BCUT2D eigenvalue weighted by atomic mass is 32.2. The Balaban J connectivity index is 1.91. The van der Waals surface area contributed by atoms with Crippen molar-refractivity contribution >= 4 is 29.3 Å². The lowest BCUT2D eigenvalue weighted by Crippen LogP contribution is -2.42. The molecule has 0 radical (unpaired) electrons. The summed E-state index contributed by atoms with van der Waals surface area (Å²) in [4.78, 5) is 3.62. The minimum Gasteiger partial charge on any atom is -0.359 e. The van der Waals surface area contributed by atoms with E-state index in [9.17, 15) is 26.0 Å². The Morgan fingerprint density at radius 3 is 2.40 bits per heavy atom. The summed E-state index contributed by atoms with van der Waals surface area (Å²) in [6.07, 6.45) is -3.98. The zero-order valence-corrected chi connectivity index (χ0v) is 21.6. The summed E-state index contributed by atoms with van der Waals surface area (Å²) in [5.74, 6) is -0.734. The number of ether oxygens (including phenoxy) is 1. The topological polar surface area (TPSA) is 90.2 Å². The largest absolute Gasteiger partial charge is 0.409 e. The highest BCUT2D eigenvalue weighted by molar-refractivity contribution is 7.89. The van der Waals surface area contributed by atoms with Gasteiger partial charge in [0.25, 0.3) is 0 Å². The summed E-state index contributed by atoms with van der Waals surface area (Å²) < 4.78 is 89.2. The molecule has 0 bridgehead atoms. The third kappa shape index (κ3) is 6.42. The number of hydrogen-bond donors (Lipinski definition) is 0. The number of halogens is 4. The van der Waals surface area contributed by atoms with Crippen LogP contribution < -0.4 is 0 Å². The van der Waals surface area contributed by atoms with Crippen LogP contribution in [0.4, 0.5) is 17.6 Å². The van der Waals surface area contributed by atoms with Crippen LogP contribution in [0.3, 0.4) is 0 Å². The van der Waals surface area contributed by atoms with Gasteiger partial charge in [-0.2, -0.15) is 17.5 Å². The Morgan fingerprint density at radius 1 is 1.17 bits per heavy atom.